The van der Waals surface area contributed by atoms with Crippen LogP contribution in [0.3, 0.4) is 0 Å². The van der Waals surface area contributed by atoms with E-state index in [4.69, 9.17) is 10.2 Å². The lowest BCUT2D eigenvalue weighted by molar-refractivity contribution is -0.126. The Hall–Kier alpha value is -1.52. The number of rotatable bonds is 3. The summed E-state index contributed by atoms with van der Waals surface area (Å²) in [4.78, 5) is 12.2. The van der Waals surface area contributed by atoms with Gasteiger partial charge in [-0.15, -0.1) is 12.4 Å². The maximum Gasteiger partial charge on any atom is 0.240 e. The van der Waals surface area contributed by atoms with Gasteiger partial charge in [0.25, 0.3) is 0 Å². The molecule has 5 heteroatoms. The average molecular weight is 309 g/mol. The topological polar surface area (TPSA) is 68.3 Å². The third kappa shape index (κ3) is 2.92. The van der Waals surface area contributed by atoms with Gasteiger partial charge in [0.05, 0.1) is 12.1 Å². The first-order chi connectivity index (χ1) is 9.60. The Bertz CT molecular complexity index is 645. The molecule has 4 nitrogen and oxygen atoms in total. The molecule has 1 fully saturated rings. The van der Waals surface area contributed by atoms with Gasteiger partial charge in [0.1, 0.15) is 11.3 Å². The minimum absolute atomic E-state index is 0. The highest BCUT2D eigenvalue weighted by molar-refractivity contribution is 5.87. The van der Waals surface area contributed by atoms with Gasteiger partial charge in [-0.2, -0.15) is 0 Å². The second-order valence-corrected chi connectivity index (χ2v) is 5.69. The Morgan fingerprint density at radius 2 is 2.00 bits per heavy atom. The van der Waals surface area contributed by atoms with Crippen molar-refractivity contribution in [3.63, 3.8) is 0 Å². The zero-order valence-electron chi connectivity index (χ0n) is 12.1. The number of hydrogen-bond acceptors (Lipinski definition) is 3. The SMILES string of the molecule is Cc1c(CNC(=O)C2(N)CCCC2)oc2ccccc12.Cl. The molecule has 1 aromatic carbocycles. The largest absolute Gasteiger partial charge is 0.459 e. The number of hydrogen-bond donors (Lipinski definition) is 2. The van der Waals surface area contributed by atoms with Crippen LogP contribution in [-0.4, -0.2) is 11.4 Å². The predicted octanol–water partition coefficient (Wildman–Crippen LogP) is 3.05. The van der Waals surface area contributed by atoms with Crippen LogP contribution in [0.5, 0.6) is 0 Å². The van der Waals surface area contributed by atoms with Crippen LogP contribution < -0.4 is 11.1 Å². The Morgan fingerprint density at radius 1 is 1.33 bits per heavy atom. The molecule has 1 aliphatic rings. The number of carbonyl (C=O) groups excluding carboxylic acids is 1. The van der Waals surface area contributed by atoms with Crippen LogP contribution in [0.15, 0.2) is 28.7 Å². The normalized spacial score (nSPS) is 16.7. The van der Waals surface area contributed by atoms with E-state index in [2.05, 4.69) is 5.32 Å². The predicted molar refractivity (Wildman–Crippen MR) is 85.4 cm³/mol. The van der Waals surface area contributed by atoms with Gasteiger partial charge in [0.2, 0.25) is 5.91 Å². The number of amides is 1. The zero-order chi connectivity index (χ0) is 14.2. The molecule has 0 bridgehead atoms. The van der Waals surface area contributed by atoms with Crippen LogP contribution in [0.1, 0.15) is 37.0 Å². The minimum Gasteiger partial charge on any atom is -0.459 e. The highest BCUT2D eigenvalue weighted by atomic mass is 35.5. The lowest BCUT2D eigenvalue weighted by Crippen LogP contribution is -2.51. The Kier molecular flexibility index (Phi) is 4.59. The number of fused-ring (bicyclic) bond motifs is 1. The fourth-order valence-corrected chi connectivity index (χ4v) is 2.96. The number of carbonyl (C=O) groups is 1. The summed E-state index contributed by atoms with van der Waals surface area (Å²) in [5, 5.41) is 4.02. The van der Waals surface area contributed by atoms with Crippen LogP contribution >= 0.6 is 12.4 Å². The molecule has 3 N–H and O–H groups in total. The van der Waals surface area contributed by atoms with Gasteiger partial charge >= 0.3 is 0 Å². The number of benzene rings is 1. The van der Waals surface area contributed by atoms with E-state index in [9.17, 15) is 4.79 Å². The third-order valence-electron chi connectivity index (χ3n) is 4.30. The van der Waals surface area contributed by atoms with Gasteiger partial charge < -0.3 is 15.5 Å². The molecule has 1 aliphatic carbocycles. The molecule has 0 spiro atoms. The molecule has 21 heavy (non-hydrogen) atoms. The van der Waals surface area contributed by atoms with E-state index in [1.165, 1.54) is 0 Å². The lowest BCUT2D eigenvalue weighted by Gasteiger charge is -2.21. The van der Waals surface area contributed by atoms with Crippen molar-refractivity contribution < 1.29 is 9.21 Å². The molecule has 1 heterocycles. The van der Waals surface area contributed by atoms with Gasteiger partial charge in [-0.1, -0.05) is 31.0 Å². The summed E-state index contributed by atoms with van der Waals surface area (Å²) in [6.07, 6.45) is 3.62. The maximum atomic E-state index is 12.2. The van der Waals surface area contributed by atoms with E-state index < -0.39 is 5.54 Å². The summed E-state index contributed by atoms with van der Waals surface area (Å²) < 4.78 is 5.79. The number of nitrogens with one attached hydrogen (secondary N) is 1. The molecule has 0 saturated heterocycles. The standard InChI is InChI=1S/C16H20N2O2.ClH/c1-11-12-6-2-3-7-13(12)20-14(11)10-18-15(19)16(17)8-4-5-9-16;/h2-3,6-7H,4-5,8-10,17H2,1H3,(H,18,19);1H. The van der Waals surface area contributed by atoms with E-state index in [-0.39, 0.29) is 18.3 Å². The first-order valence-corrected chi connectivity index (χ1v) is 7.14. The van der Waals surface area contributed by atoms with Crippen molar-refractivity contribution in [3.8, 4) is 0 Å². The fourth-order valence-electron chi connectivity index (χ4n) is 2.96. The van der Waals surface area contributed by atoms with Gasteiger partial charge in [-0.05, 0) is 25.8 Å². The zero-order valence-corrected chi connectivity index (χ0v) is 13.0. The smallest absolute Gasteiger partial charge is 0.240 e. The third-order valence-corrected chi connectivity index (χ3v) is 4.30. The van der Waals surface area contributed by atoms with Crippen molar-refractivity contribution in [3.05, 3.63) is 35.6 Å². The quantitative estimate of drug-likeness (QED) is 0.915. The summed E-state index contributed by atoms with van der Waals surface area (Å²) in [6.45, 7) is 2.42. The number of para-hydroxylation sites is 1. The number of nitrogens with two attached hydrogens (primary N) is 1. The summed E-state index contributed by atoms with van der Waals surface area (Å²) in [6, 6.07) is 7.90. The number of halogens is 1. The lowest BCUT2D eigenvalue weighted by atomic mass is 9.98. The molecule has 0 aliphatic heterocycles. The van der Waals surface area contributed by atoms with Crippen molar-refractivity contribution in [2.75, 3.05) is 0 Å². The van der Waals surface area contributed by atoms with Crippen LogP contribution in [0.2, 0.25) is 0 Å². The molecule has 1 amide bonds. The van der Waals surface area contributed by atoms with Crippen LogP contribution in [0.4, 0.5) is 0 Å². The second-order valence-electron chi connectivity index (χ2n) is 5.69. The number of aryl methyl sites for hydroxylation is 1. The van der Waals surface area contributed by atoms with Gasteiger partial charge in [-0.3, -0.25) is 4.79 Å². The Balaban J connectivity index is 0.00000161. The van der Waals surface area contributed by atoms with Gasteiger partial charge in [0.15, 0.2) is 0 Å². The molecule has 3 rings (SSSR count). The van der Waals surface area contributed by atoms with E-state index in [0.717, 1.165) is 48.0 Å². The minimum atomic E-state index is -0.681. The Labute approximate surface area is 130 Å². The summed E-state index contributed by atoms with van der Waals surface area (Å²) in [7, 11) is 0. The first-order valence-electron chi connectivity index (χ1n) is 7.14. The molecular weight excluding hydrogens is 288 g/mol. The van der Waals surface area contributed by atoms with E-state index in [1.54, 1.807) is 0 Å². The van der Waals surface area contributed by atoms with Crippen molar-refractivity contribution >= 4 is 29.3 Å². The molecule has 114 valence electrons. The molecular formula is C16H21ClN2O2. The van der Waals surface area contributed by atoms with E-state index in [1.807, 2.05) is 31.2 Å². The van der Waals surface area contributed by atoms with E-state index in [0.29, 0.717) is 6.54 Å². The van der Waals surface area contributed by atoms with Crippen molar-refractivity contribution in [2.45, 2.75) is 44.7 Å². The van der Waals surface area contributed by atoms with Gasteiger partial charge in [-0.25, -0.2) is 0 Å². The van der Waals surface area contributed by atoms with E-state index >= 15 is 0 Å². The van der Waals surface area contributed by atoms with Crippen LogP contribution in [-0.2, 0) is 11.3 Å². The molecule has 2 aromatic rings. The molecule has 0 radical (unpaired) electrons. The van der Waals surface area contributed by atoms with Crippen molar-refractivity contribution in [2.24, 2.45) is 5.73 Å². The summed E-state index contributed by atoms with van der Waals surface area (Å²) in [5.41, 5.74) is 7.40. The molecule has 0 atom stereocenters. The highest BCUT2D eigenvalue weighted by Gasteiger charge is 2.36. The second kappa shape index (κ2) is 6.08. The fraction of sp³-hybridized carbons (Fsp3) is 0.438. The van der Waals surface area contributed by atoms with Gasteiger partial charge in [0, 0.05) is 10.9 Å². The number of furan rings is 1. The maximum absolute atomic E-state index is 12.2. The molecule has 1 saturated carbocycles. The van der Waals surface area contributed by atoms with Crippen molar-refractivity contribution in [1.29, 1.82) is 0 Å². The van der Waals surface area contributed by atoms with Crippen molar-refractivity contribution in [1.82, 2.24) is 5.32 Å². The highest BCUT2D eigenvalue weighted by Crippen LogP contribution is 2.28. The monoisotopic (exact) mass is 308 g/mol. The summed E-state index contributed by atoms with van der Waals surface area (Å²) in [5.74, 6) is 0.746. The van der Waals surface area contributed by atoms with Crippen LogP contribution in [0, 0.1) is 6.92 Å². The Morgan fingerprint density at radius 3 is 2.67 bits per heavy atom. The van der Waals surface area contributed by atoms with Crippen LogP contribution in [0.25, 0.3) is 11.0 Å². The molecule has 0 unspecified atom stereocenters. The average Bonchev–Trinajstić information content (AvgIpc) is 3.03. The summed E-state index contributed by atoms with van der Waals surface area (Å²) >= 11 is 0. The first kappa shape index (κ1) is 15.9. The molecule has 1 aromatic heterocycles.